The third kappa shape index (κ3) is 7.32. The number of rotatable bonds is 11. The van der Waals surface area contributed by atoms with E-state index in [0.717, 1.165) is 15.6 Å². The molecule has 0 radical (unpaired) electrons. The van der Waals surface area contributed by atoms with Gasteiger partial charge in [-0.3, -0.25) is 9.59 Å². The third-order valence-electron chi connectivity index (χ3n) is 6.14. The van der Waals surface area contributed by atoms with Gasteiger partial charge in [0, 0.05) is 28.7 Å². The van der Waals surface area contributed by atoms with E-state index in [9.17, 15) is 14.0 Å². The van der Waals surface area contributed by atoms with Crippen LogP contribution in [0.4, 0.5) is 10.1 Å². The zero-order valence-corrected chi connectivity index (χ0v) is 23.1. The predicted molar refractivity (Wildman–Crippen MR) is 153 cm³/mol. The van der Waals surface area contributed by atoms with Crippen molar-refractivity contribution < 1.29 is 23.5 Å². The van der Waals surface area contributed by atoms with Crippen molar-refractivity contribution in [2.75, 3.05) is 18.1 Å². The average molecular weight is 594 g/mol. The lowest BCUT2D eigenvalue weighted by atomic mass is 10.1. The number of carbonyl (C=O) groups is 2. The van der Waals surface area contributed by atoms with Crippen LogP contribution in [0.1, 0.15) is 30.0 Å². The lowest BCUT2D eigenvalue weighted by Gasteiger charge is -2.17. The van der Waals surface area contributed by atoms with Crippen molar-refractivity contribution in [2.45, 2.75) is 26.4 Å². The fourth-order valence-corrected chi connectivity index (χ4v) is 4.51. The highest BCUT2D eigenvalue weighted by atomic mass is 79.9. The maximum atomic E-state index is 13.2. The van der Waals surface area contributed by atoms with Gasteiger partial charge in [-0.25, -0.2) is 9.82 Å². The first-order valence-electron chi connectivity index (χ1n) is 12.5. The van der Waals surface area contributed by atoms with Crippen LogP contribution in [0.5, 0.6) is 11.5 Å². The molecular formula is C30H29BrFN3O4. The van der Waals surface area contributed by atoms with Gasteiger partial charge in [0.05, 0.1) is 18.7 Å². The second-order valence-electron chi connectivity index (χ2n) is 8.96. The second kappa shape index (κ2) is 13.2. The standard InChI is InChI=1S/C30H29BrFN3O4/c1-3-5-22-14-21(15-27(38-4-2)29(22)39-19-20-6-8-24(31)9-7-20)17-33-34-30(37)23-16-28(36)35(18-23)26-12-10-25(32)11-13-26/h3,6-15,17,23H,1,4-5,16,18-19H2,2H3,(H,34,37)/b33-17-/t23-/m0/s1. The smallest absolute Gasteiger partial charge is 0.245 e. The number of carbonyl (C=O) groups excluding carboxylic acids is 2. The van der Waals surface area contributed by atoms with Crippen LogP contribution in [0, 0.1) is 11.7 Å². The molecule has 0 aliphatic carbocycles. The largest absolute Gasteiger partial charge is 0.490 e. The Balaban J connectivity index is 1.44. The molecule has 1 aliphatic heterocycles. The van der Waals surface area contributed by atoms with E-state index in [1.165, 1.54) is 35.4 Å². The van der Waals surface area contributed by atoms with E-state index < -0.39 is 5.92 Å². The molecule has 3 aromatic rings. The topological polar surface area (TPSA) is 80.2 Å². The number of amides is 2. The Morgan fingerprint density at radius 3 is 2.62 bits per heavy atom. The minimum atomic E-state index is -0.565. The lowest BCUT2D eigenvalue weighted by Crippen LogP contribution is -2.30. The van der Waals surface area contributed by atoms with E-state index in [4.69, 9.17) is 9.47 Å². The molecule has 0 aromatic heterocycles. The van der Waals surface area contributed by atoms with Crippen LogP contribution in [0.15, 0.2) is 82.9 Å². The number of allylic oxidation sites excluding steroid dienone is 1. The molecule has 0 unspecified atom stereocenters. The summed E-state index contributed by atoms with van der Waals surface area (Å²) in [4.78, 5) is 26.6. The van der Waals surface area contributed by atoms with Crippen molar-refractivity contribution in [1.29, 1.82) is 0 Å². The number of benzene rings is 3. The van der Waals surface area contributed by atoms with Gasteiger partial charge in [0.2, 0.25) is 11.8 Å². The fourth-order valence-electron chi connectivity index (χ4n) is 4.24. The zero-order valence-electron chi connectivity index (χ0n) is 21.5. The molecule has 2 amide bonds. The number of nitrogens with zero attached hydrogens (tertiary/aromatic N) is 2. The zero-order chi connectivity index (χ0) is 27.8. The van der Waals surface area contributed by atoms with Crippen LogP contribution >= 0.6 is 15.9 Å². The molecule has 1 heterocycles. The summed E-state index contributed by atoms with van der Waals surface area (Å²) < 4.78 is 26.3. The predicted octanol–water partition coefficient (Wildman–Crippen LogP) is 5.80. The quantitative estimate of drug-likeness (QED) is 0.173. The highest BCUT2D eigenvalue weighted by Gasteiger charge is 2.35. The van der Waals surface area contributed by atoms with Crippen molar-refractivity contribution >= 4 is 39.6 Å². The Morgan fingerprint density at radius 2 is 1.92 bits per heavy atom. The molecule has 202 valence electrons. The van der Waals surface area contributed by atoms with Crippen LogP contribution < -0.4 is 19.8 Å². The number of anilines is 1. The van der Waals surface area contributed by atoms with Crippen molar-refractivity contribution in [2.24, 2.45) is 11.0 Å². The summed E-state index contributed by atoms with van der Waals surface area (Å²) in [6.07, 6.45) is 3.92. The highest BCUT2D eigenvalue weighted by molar-refractivity contribution is 9.10. The molecule has 0 spiro atoms. The second-order valence-corrected chi connectivity index (χ2v) is 9.88. The van der Waals surface area contributed by atoms with E-state index in [0.29, 0.717) is 42.4 Å². The normalized spacial score (nSPS) is 15.0. The molecule has 39 heavy (non-hydrogen) atoms. The molecule has 1 atom stereocenters. The minimum absolute atomic E-state index is 0.0567. The molecular weight excluding hydrogens is 565 g/mol. The number of hydrogen-bond acceptors (Lipinski definition) is 5. The molecule has 1 N–H and O–H groups in total. The van der Waals surface area contributed by atoms with Gasteiger partial charge in [0.25, 0.3) is 0 Å². The van der Waals surface area contributed by atoms with Crippen LogP contribution in [-0.4, -0.2) is 31.2 Å². The van der Waals surface area contributed by atoms with Crippen LogP contribution in [0.3, 0.4) is 0 Å². The molecule has 4 rings (SSSR count). The van der Waals surface area contributed by atoms with Gasteiger partial charge in [-0.15, -0.1) is 6.58 Å². The molecule has 3 aromatic carbocycles. The summed E-state index contributed by atoms with van der Waals surface area (Å²) in [5, 5.41) is 4.12. The van der Waals surface area contributed by atoms with Gasteiger partial charge in [-0.2, -0.15) is 5.10 Å². The molecule has 1 aliphatic rings. The number of ether oxygens (including phenoxy) is 2. The summed E-state index contributed by atoms with van der Waals surface area (Å²) >= 11 is 3.44. The maximum absolute atomic E-state index is 13.2. The first-order chi connectivity index (χ1) is 18.9. The van der Waals surface area contributed by atoms with Crippen molar-refractivity contribution in [3.05, 3.63) is 100 Å². The van der Waals surface area contributed by atoms with Gasteiger partial charge in [-0.05, 0) is 73.0 Å². The van der Waals surface area contributed by atoms with Crippen LogP contribution in [0.2, 0.25) is 0 Å². The van der Waals surface area contributed by atoms with E-state index >= 15 is 0 Å². The monoisotopic (exact) mass is 593 g/mol. The van der Waals surface area contributed by atoms with Gasteiger partial charge >= 0.3 is 0 Å². The van der Waals surface area contributed by atoms with Crippen LogP contribution in [-0.2, 0) is 22.6 Å². The number of nitrogens with one attached hydrogen (secondary N) is 1. The lowest BCUT2D eigenvalue weighted by molar-refractivity contribution is -0.126. The molecule has 7 nitrogen and oxygen atoms in total. The first-order valence-corrected chi connectivity index (χ1v) is 13.3. The van der Waals surface area contributed by atoms with Gasteiger partial charge in [-0.1, -0.05) is 34.1 Å². The number of halogens is 2. The molecule has 1 saturated heterocycles. The summed E-state index contributed by atoms with van der Waals surface area (Å²) in [5.74, 6) is -0.314. The Hall–Kier alpha value is -3.98. The maximum Gasteiger partial charge on any atom is 0.245 e. The van der Waals surface area contributed by atoms with Crippen molar-refractivity contribution in [3.8, 4) is 11.5 Å². The van der Waals surface area contributed by atoms with Crippen LogP contribution in [0.25, 0.3) is 0 Å². The molecule has 9 heteroatoms. The van der Waals surface area contributed by atoms with Gasteiger partial charge in [0.15, 0.2) is 11.5 Å². The van der Waals surface area contributed by atoms with E-state index in [1.54, 1.807) is 12.1 Å². The van der Waals surface area contributed by atoms with Crippen molar-refractivity contribution in [3.63, 3.8) is 0 Å². The summed E-state index contributed by atoms with van der Waals surface area (Å²) in [6, 6.07) is 17.2. The third-order valence-corrected chi connectivity index (χ3v) is 6.67. The number of hydrogen-bond donors (Lipinski definition) is 1. The molecule has 1 fully saturated rings. The minimum Gasteiger partial charge on any atom is -0.490 e. The average Bonchev–Trinajstić information content (AvgIpc) is 3.31. The molecule has 0 saturated carbocycles. The van der Waals surface area contributed by atoms with E-state index in [-0.39, 0.29) is 30.6 Å². The Morgan fingerprint density at radius 1 is 1.18 bits per heavy atom. The Bertz CT molecular complexity index is 1360. The first kappa shape index (κ1) is 28.0. The fraction of sp³-hybridized carbons (Fsp3) is 0.233. The summed E-state index contributed by atoms with van der Waals surface area (Å²) in [5.41, 5.74) is 5.69. The summed E-state index contributed by atoms with van der Waals surface area (Å²) in [7, 11) is 0. The highest BCUT2D eigenvalue weighted by Crippen LogP contribution is 2.34. The SMILES string of the molecule is C=CCc1cc(/C=N\NC(=O)[C@H]2CC(=O)N(c3ccc(F)cc3)C2)cc(OCC)c1OCc1ccc(Br)cc1. The van der Waals surface area contributed by atoms with Gasteiger partial charge in [0.1, 0.15) is 12.4 Å². The van der Waals surface area contributed by atoms with E-state index in [2.05, 4.69) is 33.0 Å². The molecule has 0 bridgehead atoms. The number of hydrazone groups is 1. The van der Waals surface area contributed by atoms with Crippen molar-refractivity contribution in [1.82, 2.24) is 5.43 Å². The Kier molecular flexibility index (Phi) is 9.49. The van der Waals surface area contributed by atoms with Gasteiger partial charge < -0.3 is 14.4 Å². The Labute approximate surface area is 235 Å². The summed E-state index contributed by atoms with van der Waals surface area (Å²) in [6.45, 7) is 6.77. The van der Waals surface area contributed by atoms with E-state index in [1.807, 2.05) is 37.3 Å².